The van der Waals surface area contributed by atoms with E-state index in [0.717, 1.165) is 19.6 Å². The van der Waals surface area contributed by atoms with Crippen LogP contribution in [-0.4, -0.2) is 54.0 Å². The van der Waals surface area contributed by atoms with Gasteiger partial charge in [0.1, 0.15) is 6.29 Å². The van der Waals surface area contributed by atoms with Crippen LogP contribution >= 0.6 is 7.75 Å². The van der Waals surface area contributed by atoms with E-state index in [1.54, 1.807) is 0 Å². The third kappa shape index (κ3) is 13.4. The lowest BCUT2D eigenvalue weighted by molar-refractivity contribution is 0.0313. The van der Waals surface area contributed by atoms with E-state index in [4.69, 9.17) is 9.05 Å². The molecule has 186 valence electrons. The molecule has 31 heavy (non-hydrogen) atoms. The SMILES string of the molecule is CCCCCCCCCCCCN1CCN(C)C1NP(=O)(OC(C)(C)C)OC(C)(C)C. The Morgan fingerprint density at radius 2 is 1.26 bits per heavy atom. The second kappa shape index (κ2) is 13.7. The summed E-state index contributed by atoms with van der Waals surface area (Å²) in [6.07, 6.45) is 13.2. The number of likely N-dealkylation sites (N-methyl/N-ethyl adjacent to an activating group) is 1. The first kappa shape index (κ1) is 29.1. The van der Waals surface area contributed by atoms with Gasteiger partial charge >= 0.3 is 7.75 Å². The maximum atomic E-state index is 13.6. The molecule has 0 aromatic heterocycles. The van der Waals surface area contributed by atoms with E-state index in [1.165, 1.54) is 64.2 Å². The highest BCUT2D eigenvalue weighted by molar-refractivity contribution is 7.51. The zero-order valence-electron chi connectivity index (χ0n) is 21.8. The Bertz CT molecular complexity index is 511. The molecule has 0 aromatic carbocycles. The van der Waals surface area contributed by atoms with Crippen molar-refractivity contribution >= 4 is 7.75 Å². The van der Waals surface area contributed by atoms with E-state index in [9.17, 15) is 4.57 Å². The highest BCUT2D eigenvalue weighted by Crippen LogP contribution is 2.51. The van der Waals surface area contributed by atoms with E-state index in [-0.39, 0.29) is 6.29 Å². The van der Waals surface area contributed by atoms with Crippen LogP contribution in [0.25, 0.3) is 0 Å². The van der Waals surface area contributed by atoms with Gasteiger partial charge in [-0.05, 0) is 55.0 Å². The van der Waals surface area contributed by atoms with Gasteiger partial charge in [0.15, 0.2) is 0 Å². The maximum Gasteiger partial charge on any atom is 0.408 e. The van der Waals surface area contributed by atoms with Crippen LogP contribution in [0.3, 0.4) is 0 Å². The summed E-state index contributed by atoms with van der Waals surface area (Å²) in [6, 6.07) is 0. The van der Waals surface area contributed by atoms with Gasteiger partial charge in [-0.3, -0.25) is 18.8 Å². The molecule has 0 amide bonds. The van der Waals surface area contributed by atoms with Crippen LogP contribution in [-0.2, 0) is 13.6 Å². The molecule has 0 saturated carbocycles. The second-order valence-corrected chi connectivity index (χ2v) is 12.7. The molecule has 1 saturated heterocycles. The van der Waals surface area contributed by atoms with Gasteiger partial charge in [-0.2, -0.15) is 5.09 Å². The third-order valence-corrected chi connectivity index (χ3v) is 7.49. The van der Waals surface area contributed by atoms with Crippen molar-refractivity contribution in [2.75, 3.05) is 26.7 Å². The van der Waals surface area contributed by atoms with Crippen LogP contribution in [0.4, 0.5) is 0 Å². The van der Waals surface area contributed by atoms with Crippen LogP contribution in [0, 0.1) is 0 Å². The second-order valence-electron chi connectivity index (χ2n) is 11.1. The minimum Gasteiger partial charge on any atom is -0.291 e. The summed E-state index contributed by atoms with van der Waals surface area (Å²) in [4.78, 5) is 4.57. The number of hydrogen-bond donors (Lipinski definition) is 1. The molecule has 7 heteroatoms. The Morgan fingerprint density at radius 3 is 1.71 bits per heavy atom. The average molecular weight is 462 g/mol. The Labute approximate surface area is 193 Å². The monoisotopic (exact) mass is 461 g/mol. The first-order valence-corrected chi connectivity index (χ1v) is 14.1. The molecule has 1 fully saturated rings. The fourth-order valence-corrected chi connectivity index (χ4v) is 6.19. The zero-order chi connectivity index (χ0) is 23.5. The lowest BCUT2D eigenvalue weighted by atomic mass is 10.1. The Morgan fingerprint density at radius 1 is 0.806 bits per heavy atom. The first-order valence-electron chi connectivity index (χ1n) is 12.6. The van der Waals surface area contributed by atoms with Crippen LogP contribution in [0.2, 0.25) is 0 Å². The average Bonchev–Trinajstić information content (AvgIpc) is 2.93. The molecule has 1 rings (SSSR count). The van der Waals surface area contributed by atoms with Gasteiger partial charge in [-0.25, -0.2) is 4.57 Å². The first-order chi connectivity index (χ1) is 14.4. The quantitative estimate of drug-likeness (QED) is 0.215. The van der Waals surface area contributed by atoms with Gasteiger partial charge in [-0.1, -0.05) is 64.7 Å². The molecule has 0 spiro atoms. The predicted molar refractivity (Wildman–Crippen MR) is 132 cm³/mol. The maximum absolute atomic E-state index is 13.6. The highest BCUT2D eigenvalue weighted by Gasteiger charge is 2.41. The Kier molecular flexibility index (Phi) is 12.8. The van der Waals surface area contributed by atoms with E-state index < -0.39 is 18.9 Å². The summed E-state index contributed by atoms with van der Waals surface area (Å²) >= 11 is 0. The summed E-state index contributed by atoms with van der Waals surface area (Å²) in [5.41, 5.74) is -1.13. The van der Waals surface area contributed by atoms with Crippen molar-refractivity contribution in [3.05, 3.63) is 0 Å². The van der Waals surface area contributed by atoms with Crippen molar-refractivity contribution in [3.63, 3.8) is 0 Å². The van der Waals surface area contributed by atoms with Crippen molar-refractivity contribution in [1.29, 1.82) is 0 Å². The molecular formula is C24H52N3O3P. The molecule has 0 radical (unpaired) electrons. The van der Waals surface area contributed by atoms with Crippen molar-refractivity contribution in [2.24, 2.45) is 0 Å². The lowest BCUT2D eigenvalue weighted by Gasteiger charge is -2.37. The number of nitrogens with one attached hydrogen (secondary N) is 1. The largest absolute Gasteiger partial charge is 0.408 e. The summed E-state index contributed by atoms with van der Waals surface area (Å²) in [5.74, 6) is 0. The van der Waals surface area contributed by atoms with Gasteiger partial charge in [-0.15, -0.1) is 0 Å². The molecule has 1 N–H and O–H groups in total. The summed E-state index contributed by atoms with van der Waals surface area (Å²) in [6.45, 7) is 16.6. The molecule has 6 nitrogen and oxygen atoms in total. The van der Waals surface area contributed by atoms with Gasteiger partial charge in [0.2, 0.25) is 0 Å². The fraction of sp³-hybridized carbons (Fsp3) is 1.00. The minimum absolute atomic E-state index is 0.130. The number of unbranched alkanes of at least 4 members (excludes halogenated alkanes) is 9. The molecule has 0 aromatic rings. The van der Waals surface area contributed by atoms with E-state index >= 15 is 0 Å². The molecule has 1 atom stereocenters. The standard InChI is InChI=1S/C24H52N3O3P/c1-9-10-11-12-13-14-15-16-17-18-19-27-21-20-26(8)22(27)25-31(28,29-23(2,3)4)30-24(5,6)7/h22H,9-21H2,1-8H3,(H,25,28). The zero-order valence-corrected chi connectivity index (χ0v) is 22.7. The van der Waals surface area contributed by atoms with Crippen molar-refractivity contribution in [2.45, 2.75) is 130 Å². The third-order valence-electron chi connectivity index (χ3n) is 5.36. The number of nitrogens with zero attached hydrogens (tertiary/aromatic N) is 2. The van der Waals surface area contributed by atoms with E-state index in [2.05, 4.69) is 28.9 Å². The predicted octanol–water partition coefficient (Wildman–Crippen LogP) is 6.77. The summed E-state index contributed by atoms with van der Waals surface area (Å²) < 4.78 is 25.5. The number of rotatable bonds is 15. The van der Waals surface area contributed by atoms with Crippen molar-refractivity contribution in [3.8, 4) is 0 Å². The van der Waals surface area contributed by atoms with Crippen LogP contribution in [0.1, 0.15) is 113 Å². The summed E-state index contributed by atoms with van der Waals surface area (Å²) in [5, 5.41) is 3.25. The van der Waals surface area contributed by atoms with E-state index in [1.807, 2.05) is 41.5 Å². The molecule has 1 unspecified atom stereocenters. The number of hydrogen-bond acceptors (Lipinski definition) is 5. The van der Waals surface area contributed by atoms with Crippen LogP contribution in [0.5, 0.6) is 0 Å². The normalized spacial score (nSPS) is 19.4. The van der Waals surface area contributed by atoms with Crippen LogP contribution in [0.15, 0.2) is 0 Å². The smallest absolute Gasteiger partial charge is 0.291 e. The Hall–Kier alpha value is 0.0300. The summed E-state index contributed by atoms with van der Waals surface area (Å²) in [7, 11) is -1.42. The molecule has 1 aliphatic heterocycles. The minimum atomic E-state index is -3.49. The van der Waals surface area contributed by atoms with E-state index in [0.29, 0.717) is 0 Å². The van der Waals surface area contributed by atoms with Gasteiger partial charge in [0, 0.05) is 19.6 Å². The highest BCUT2D eigenvalue weighted by atomic mass is 31.2. The molecular weight excluding hydrogens is 409 g/mol. The van der Waals surface area contributed by atoms with Gasteiger partial charge < -0.3 is 0 Å². The Balaban J connectivity index is 2.48. The van der Waals surface area contributed by atoms with Crippen molar-refractivity contribution in [1.82, 2.24) is 14.9 Å². The molecule has 1 aliphatic rings. The van der Waals surface area contributed by atoms with Gasteiger partial charge in [0.25, 0.3) is 0 Å². The van der Waals surface area contributed by atoms with Gasteiger partial charge in [0.05, 0.1) is 11.2 Å². The topological polar surface area (TPSA) is 54.0 Å². The molecule has 0 bridgehead atoms. The van der Waals surface area contributed by atoms with Crippen molar-refractivity contribution < 1.29 is 13.6 Å². The van der Waals surface area contributed by atoms with Crippen LogP contribution < -0.4 is 5.09 Å². The molecule has 1 heterocycles. The lowest BCUT2D eigenvalue weighted by Crippen LogP contribution is -2.48. The molecule has 0 aliphatic carbocycles. The fourth-order valence-electron chi connectivity index (χ4n) is 3.96.